The molecule has 2 atom stereocenters. The maximum absolute atomic E-state index is 12.3. The molecule has 4 nitrogen and oxygen atoms in total. The standard InChI is InChI=1S/C12H21FN2O2/c1-8-11(17)15(7-5-6-13)9(10(16)14-8)12(2,3)4/h8-9H,5-7H2,1-4H3,(H,14,16). The number of hydrogen-bond donors (Lipinski definition) is 1. The fraction of sp³-hybridized carbons (Fsp3) is 0.833. The Hall–Kier alpha value is -1.13. The molecule has 0 aromatic heterocycles. The lowest BCUT2D eigenvalue weighted by molar-refractivity contribution is -0.153. The van der Waals surface area contributed by atoms with Crippen molar-refractivity contribution in [3.63, 3.8) is 0 Å². The van der Waals surface area contributed by atoms with Gasteiger partial charge in [0.25, 0.3) is 0 Å². The molecule has 0 bridgehead atoms. The Labute approximate surface area is 102 Å². The van der Waals surface area contributed by atoms with Gasteiger partial charge in [-0.05, 0) is 18.8 Å². The monoisotopic (exact) mass is 244 g/mol. The van der Waals surface area contributed by atoms with Crippen molar-refractivity contribution in [2.24, 2.45) is 5.41 Å². The molecule has 1 heterocycles. The van der Waals surface area contributed by atoms with Gasteiger partial charge in [0.1, 0.15) is 12.1 Å². The number of hydrogen-bond acceptors (Lipinski definition) is 2. The minimum Gasteiger partial charge on any atom is -0.343 e. The number of amides is 2. The largest absolute Gasteiger partial charge is 0.343 e. The first-order chi connectivity index (χ1) is 7.79. The molecule has 1 N–H and O–H groups in total. The van der Waals surface area contributed by atoms with Crippen LogP contribution in [0.15, 0.2) is 0 Å². The molecule has 5 heteroatoms. The summed E-state index contributed by atoms with van der Waals surface area (Å²) in [5.41, 5.74) is -0.351. The van der Waals surface area contributed by atoms with Crippen molar-refractivity contribution in [1.29, 1.82) is 0 Å². The van der Waals surface area contributed by atoms with Gasteiger partial charge in [-0.15, -0.1) is 0 Å². The zero-order valence-electron chi connectivity index (χ0n) is 10.9. The molecule has 17 heavy (non-hydrogen) atoms. The number of nitrogens with one attached hydrogen (secondary N) is 1. The lowest BCUT2D eigenvalue weighted by Crippen LogP contribution is -2.66. The second-order valence-corrected chi connectivity index (χ2v) is 5.57. The maximum Gasteiger partial charge on any atom is 0.245 e. The van der Waals surface area contributed by atoms with Crippen LogP contribution in [0.3, 0.4) is 0 Å². The van der Waals surface area contributed by atoms with E-state index in [0.717, 1.165) is 0 Å². The predicted octanol–water partition coefficient (Wildman–Crippen LogP) is 1.11. The number of halogens is 1. The van der Waals surface area contributed by atoms with Gasteiger partial charge in [-0.3, -0.25) is 14.0 Å². The molecular formula is C12H21FN2O2. The normalized spacial score (nSPS) is 26.1. The highest BCUT2D eigenvalue weighted by Gasteiger charge is 2.44. The zero-order valence-corrected chi connectivity index (χ0v) is 10.9. The summed E-state index contributed by atoms with van der Waals surface area (Å²) in [5, 5.41) is 2.67. The zero-order chi connectivity index (χ0) is 13.2. The molecule has 0 radical (unpaired) electrons. The Morgan fingerprint density at radius 1 is 1.35 bits per heavy atom. The second-order valence-electron chi connectivity index (χ2n) is 5.57. The van der Waals surface area contributed by atoms with Gasteiger partial charge in [0.05, 0.1) is 6.67 Å². The quantitative estimate of drug-likeness (QED) is 0.808. The van der Waals surface area contributed by atoms with Crippen LogP contribution >= 0.6 is 0 Å². The number of nitrogens with zero attached hydrogens (tertiary/aromatic N) is 1. The predicted molar refractivity (Wildman–Crippen MR) is 63.2 cm³/mol. The lowest BCUT2D eigenvalue weighted by Gasteiger charge is -2.44. The van der Waals surface area contributed by atoms with E-state index in [-0.39, 0.29) is 23.7 Å². The first kappa shape index (κ1) is 13.9. The van der Waals surface area contributed by atoms with E-state index in [1.165, 1.54) is 4.90 Å². The van der Waals surface area contributed by atoms with Gasteiger partial charge in [0, 0.05) is 6.54 Å². The summed E-state index contributed by atoms with van der Waals surface area (Å²) in [4.78, 5) is 25.5. The Balaban J connectivity index is 2.95. The van der Waals surface area contributed by atoms with Crippen LogP contribution in [0.5, 0.6) is 0 Å². The summed E-state index contributed by atoms with van der Waals surface area (Å²) >= 11 is 0. The summed E-state index contributed by atoms with van der Waals surface area (Å²) in [6, 6.07) is -1.03. The Morgan fingerprint density at radius 2 is 1.94 bits per heavy atom. The molecule has 1 aliphatic heterocycles. The summed E-state index contributed by atoms with van der Waals surface area (Å²) in [5.74, 6) is -0.276. The molecule has 0 aromatic rings. The van der Waals surface area contributed by atoms with E-state index in [9.17, 15) is 14.0 Å². The van der Waals surface area contributed by atoms with E-state index in [1.807, 2.05) is 20.8 Å². The van der Waals surface area contributed by atoms with Gasteiger partial charge in [0.15, 0.2) is 0 Å². The van der Waals surface area contributed by atoms with E-state index >= 15 is 0 Å². The third-order valence-corrected chi connectivity index (χ3v) is 2.93. The van der Waals surface area contributed by atoms with Gasteiger partial charge in [-0.2, -0.15) is 0 Å². The molecule has 2 amide bonds. The van der Waals surface area contributed by atoms with Crippen molar-refractivity contribution >= 4 is 11.8 Å². The third-order valence-electron chi connectivity index (χ3n) is 2.93. The topological polar surface area (TPSA) is 49.4 Å². The minimum atomic E-state index is -0.516. The molecule has 0 aromatic carbocycles. The Kier molecular flexibility index (Phi) is 4.11. The molecule has 1 fully saturated rings. The maximum atomic E-state index is 12.3. The van der Waals surface area contributed by atoms with Gasteiger partial charge >= 0.3 is 0 Å². The molecule has 1 aliphatic rings. The SMILES string of the molecule is CC1NC(=O)C(C(C)(C)C)N(CCCF)C1=O. The van der Waals surface area contributed by atoms with Gasteiger partial charge in [-0.25, -0.2) is 0 Å². The molecule has 0 saturated carbocycles. The number of piperazine rings is 1. The summed E-state index contributed by atoms with van der Waals surface area (Å²) in [7, 11) is 0. The smallest absolute Gasteiger partial charge is 0.245 e. The number of carbonyl (C=O) groups excluding carboxylic acids is 2. The fourth-order valence-electron chi connectivity index (χ4n) is 2.20. The summed E-state index contributed by atoms with van der Waals surface area (Å²) in [6.45, 7) is 7.20. The fourth-order valence-corrected chi connectivity index (χ4v) is 2.20. The average molecular weight is 244 g/mol. The second kappa shape index (κ2) is 5.02. The Morgan fingerprint density at radius 3 is 2.41 bits per heavy atom. The van der Waals surface area contributed by atoms with Crippen LogP contribution in [-0.4, -0.2) is 42.0 Å². The first-order valence-corrected chi connectivity index (χ1v) is 5.96. The molecule has 0 spiro atoms. The van der Waals surface area contributed by atoms with Crippen LogP contribution in [-0.2, 0) is 9.59 Å². The highest BCUT2D eigenvalue weighted by molar-refractivity contribution is 5.97. The molecule has 1 rings (SSSR count). The van der Waals surface area contributed by atoms with Crippen LogP contribution in [0.4, 0.5) is 4.39 Å². The van der Waals surface area contributed by atoms with Crippen LogP contribution in [0.1, 0.15) is 34.1 Å². The summed E-state index contributed by atoms with van der Waals surface area (Å²) in [6.07, 6.45) is 0.276. The molecule has 0 aliphatic carbocycles. The first-order valence-electron chi connectivity index (χ1n) is 5.96. The number of carbonyl (C=O) groups is 2. The van der Waals surface area contributed by atoms with Gasteiger partial charge in [-0.1, -0.05) is 20.8 Å². The van der Waals surface area contributed by atoms with E-state index < -0.39 is 18.8 Å². The molecule has 2 unspecified atom stereocenters. The van der Waals surface area contributed by atoms with Crippen molar-refractivity contribution in [1.82, 2.24) is 10.2 Å². The van der Waals surface area contributed by atoms with Crippen LogP contribution in [0, 0.1) is 5.41 Å². The van der Waals surface area contributed by atoms with E-state index in [2.05, 4.69) is 5.32 Å². The van der Waals surface area contributed by atoms with E-state index in [4.69, 9.17) is 0 Å². The Bertz CT molecular complexity index is 312. The van der Waals surface area contributed by atoms with Crippen molar-refractivity contribution in [3.8, 4) is 0 Å². The minimum absolute atomic E-state index is 0.127. The van der Waals surface area contributed by atoms with Crippen molar-refractivity contribution in [3.05, 3.63) is 0 Å². The third kappa shape index (κ3) is 2.96. The van der Waals surface area contributed by atoms with Crippen molar-refractivity contribution in [2.45, 2.75) is 46.2 Å². The molecular weight excluding hydrogens is 223 g/mol. The van der Waals surface area contributed by atoms with Crippen LogP contribution < -0.4 is 5.32 Å². The van der Waals surface area contributed by atoms with E-state index in [1.54, 1.807) is 6.92 Å². The molecule has 1 saturated heterocycles. The highest BCUT2D eigenvalue weighted by atomic mass is 19.1. The molecule has 98 valence electrons. The van der Waals surface area contributed by atoms with Crippen molar-refractivity contribution < 1.29 is 14.0 Å². The van der Waals surface area contributed by atoms with Gasteiger partial charge in [0.2, 0.25) is 11.8 Å². The summed E-state index contributed by atoms with van der Waals surface area (Å²) < 4.78 is 12.3. The lowest BCUT2D eigenvalue weighted by atomic mass is 9.83. The van der Waals surface area contributed by atoms with Gasteiger partial charge < -0.3 is 10.2 Å². The van der Waals surface area contributed by atoms with Crippen LogP contribution in [0.25, 0.3) is 0 Å². The van der Waals surface area contributed by atoms with Crippen molar-refractivity contribution in [2.75, 3.05) is 13.2 Å². The van der Waals surface area contributed by atoms with Crippen LogP contribution in [0.2, 0.25) is 0 Å². The number of rotatable bonds is 3. The average Bonchev–Trinajstić information content (AvgIpc) is 2.19. The number of alkyl halides is 1. The van der Waals surface area contributed by atoms with E-state index in [0.29, 0.717) is 6.54 Å². The highest BCUT2D eigenvalue weighted by Crippen LogP contribution is 2.27.